The van der Waals surface area contributed by atoms with Crippen molar-refractivity contribution in [3.63, 3.8) is 0 Å². The molecule has 0 amide bonds. The first-order chi connectivity index (χ1) is 7.20. The van der Waals surface area contributed by atoms with Gasteiger partial charge in [0.05, 0.1) is 13.2 Å². The van der Waals surface area contributed by atoms with Crippen LogP contribution in [-0.4, -0.2) is 48.8 Å². The van der Waals surface area contributed by atoms with Crippen molar-refractivity contribution in [2.45, 2.75) is 33.1 Å². The maximum atomic E-state index is 10.5. The smallest absolute Gasteiger partial charge is 0.317 e. The SMILES string of the molecule is CCCCOCCN(CCC)CC(=O)O. The number of carboxylic acids is 1. The van der Waals surface area contributed by atoms with Crippen molar-refractivity contribution in [2.75, 3.05) is 32.8 Å². The van der Waals surface area contributed by atoms with Crippen LogP contribution in [0, 0.1) is 0 Å². The van der Waals surface area contributed by atoms with Crippen LogP contribution in [0.3, 0.4) is 0 Å². The molecule has 1 N–H and O–H groups in total. The van der Waals surface area contributed by atoms with E-state index in [1.54, 1.807) is 0 Å². The van der Waals surface area contributed by atoms with Crippen molar-refractivity contribution in [3.8, 4) is 0 Å². The van der Waals surface area contributed by atoms with E-state index in [4.69, 9.17) is 9.84 Å². The molecule has 0 aromatic heterocycles. The molecule has 0 aliphatic rings. The Balaban J connectivity index is 3.52. The fourth-order valence-electron chi connectivity index (χ4n) is 1.32. The second-order valence-corrected chi connectivity index (χ2v) is 3.64. The van der Waals surface area contributed by atoms with E-state index < -0.39 is 5.97 Å². The molecule has 0 aromatic carbocycles. The molecule has 4 nitrogen and oxygen atoms in total. The highest BCUT2D eigenvalue weighted by Gasteiger charge is 2.07. The van der Waals surface area contributed by atoms with Gasteiger partial charge in [0.15, 0.2) is 0 Å². The molecule has 90 valence electrons. The first-order valence-corrected chi connectivity index (χ1v) is 5.72. The number of aliphatic carboxylic acids is 1. The molecule has 0 heterocycles. The van der Waals surface area contributed by atoms with Crippen LogP contribution in [0.4, 0.5) is 0 Å². The lowest BCUT2D eigenvalue weighted by Gasteiger charge is -2.19. The summed E-state index contributed by atoms with van der Waals surface area (Å²) in [4.78, 5) is 12.4. The fraction of sp³-hybridized carbons (Fsp3) is 0.909. The fourth-order valence-corrected chi connectivity index (χ4v) is 1.32. The highest BCUT2D eigenvalue weighted by atomic mass is 16.5. The lowest BCUT2D eigenvalue weighted by atomic mass is 10.3. The van der Waals surface area contributed by atoms with Crippen LogP contribution < -0.4 is 0 Å². The zero-order chi connectivity index (χ0) is 11.5. The molecule has 0 aromatic rings. The largest absolute Gasteiger partial charge is 0.480 e. The van der Waals surface area contributed by atoms with Gasteiger partial charge in [-0.1, -0.05) is 20.3 Å². The van der Waals surface area contributed by atoms with E-state index in [-0.39, 0.29) is 6.54 Å². The summed E-state index contributed by atoms with van der Waals surface area (Å²) in [5.74, 6) is -0.767. The summed E-state index contributed by atoms with van der Waals surface area (Å²) < 4.78 is 5.40. The molecule has 0 unspecified atom stereocenters. The molecule has 0 fully saturated rings. The molecule has 0 aliphatic carbocycles. The molecular weight excluding hydrogens is 194 g/mol. The van der Waals surface area contributed by atoms with Gasteiger partial charge in [0.2, 0.25) is 0 Å². The molecule has 15 heavy (non-hydrogen) atoms. The van der Waals surface area contributed by atoms with Crippen molar-refractivity contribution in [1.29, 1.82) is 0 Å². The third-order valence-electron chi connectivity index (χ3n) is 2.09. The minimum atomic E-state index is -0.767. The second kappa shape index (κ2) is 9.93. The van der Waals surface area contributed by atoms with E-state index in [0.717, 1.165) is 32.4 Å². The molecule has 0 aliphatic heterocycles. The topological polar surface area (TPSA) is 49.8 Å². The van der Waals surface area contributed by atoms with Crippen LogP contribution in [0.1, 0.15) is 33.1 Å². The predicted molar refractivity (Wildman–Crippen MR) is 60.1 cm³/mol. The van der Waals surface area contributed by atoms with Crippen molar-refractivity contribution in [1.82, 2.24) is 4.90 Å². The Hall–Kier alpha value is -0.610. The highest BCUT2D eigenvalue weighted by molar-refractivity contribution is 5.69. The number of nitrogens with zero attached hydrogens (tertiary/aromatic N) is 1. The molecule has 0 rings (SSSR count). The van der Waals surface area contributed by atoms with Crippen LogP contribution in [0.15, 0.2) is 0 Å². The summed E-state index contributed by atoms with van der Waals surface area (Å²) in [6.45, 7) is 7.24. The van der Waals surface area contributed by atoms with E-state index in [0.29, 0.717) is 13.2 Å². The van der Waals surface area contributed by atoms with Crippen LogP contribution in [0.2, 0.25) is 0 Å². The number of ether oxygens (including phenoxy) is 1. The van der Waals surface area contributed by atoms with Gasteiger partial charge < -0.3 is 9.84 Å². The quantitative estimate of drug-likeness (QED) is 0.565. The lowest BCUT2D eigenvalue weighted by molar-refractivity contribution is -0.138. The summed E-state index contributed by atoms with van der Waals surface area (Å²) in [5.41, 5.74) is 0. The van der Waals surface area contributed by atoms with Gasteiger partial charge in [-0.05, 0) is 19.4 Å². The monoisotopic (exact) mass is 217 g/mol. The highest BCUT2D eigenvalue weighted by Crippen LogP contribution is 1.93. The Morgan fingerprint density at radius 3 is 2.47 bits per heavy atom. The zero-order valence-corrected chi connectivity index (χ0v) is 9.87. The maximum absolute atomic E-state index is 10.5. The van der Waals surface area contributed by atoms with E-state index in [1.807, 2.05) is 11.8 Å². The van der Waals surface area contributed by atoms with Crippen LogP contribution in [0.25, 0.3) is 0 Å². The van der Waals surface area contributed by atoms with Gasteiger partial charge in [-0.2, -0.15) is 0 Å². The summed E-state index contributed by atoms with van der Waals surface area (Å²) in [6, 6.07) is 0. The van der Waals surface area contributed by atoms with E-state index in [2.05, 4.69) is 6.92 Å². The maximum Gasteiger partial charge on any atom is 0.317 e. The summed E-state index contributed by atoms with van der Waals surface area (Å²) in [7, 11) is 0. The number of carboxylic acid groups (broad SMARTS) is 1. The van der Waals surface area contributed by atoms with Gasteiger partial charge in [-0.3, -0.25) is 9.69 Å². The van der Waals surface area contributed by atoms with E-state index in [1.165, 1.54) is 0 Å². The van der Waals surface area contributed by atoms with Crippen molar-refractivity contribution in [3.05, 3.63) is 0 Å². The third-order valence-corrected chi connectivity index (χ3v) is 2.09. The Bertz CT molecular complexity index is 162. The number of carbonyl (C=O) groups is 1. The first kappa shape index (κ1) is 14.4. The third kappa shape index (κ3) is 9.69. The Morgan fingerprint density at radius 2 is 1.93 bits per heavy atom. The van der Waals surface area contributed by atoms with Gasteiger partial charge >= 0.3 is 5.97 Å². The van der Waals surface area contributed by atoms with E-state index >= 15 is 0 Å². The van der Waals surface area contributed by atoms with Crippen LogP contribution in [-0.2, 0) is 9.53 Å². The minimum absolute atomic E-state index is 0.116. The van der Waals surface area contributed by atoms with Gasteiger partial charge in [0.25, 0.3) is 0 Å². The molecule has 0 spiro atoms. The molecule has 0 radical (unpaired) electrons. The molecule has 4 heteroatoms. The van der Waals surface area contributed by atoms with Crippen molar-refractivity contribution >= 4 is 5.97 Å². The van der Waals surface area contributed by atoms with Gasteiger partial charge in [0, 0.05) is 13.2 Å². The second-order valence-electron chi connectivity index (χ2n) is 3.64. The van der Waals surface area contributed by atoms with Gasteiger partial charge in [-0.15, -0.1) is 0 Å². The molecule has 0 bridgehead atoms. The molecular formula is C11H23NO3. The molecule has 0 saturated heterocycles. The van der Waals surface area contributed by atoms with Gasteiger partial charge in [-0.25, -0.2) is 0 Å². The first-order valence-electron chi connectivity index (χ1n) is 5.72. The predicted octanol–water partition coefficient (Wildman–Crippen LogP) is 1.60. The van der Waals surface area contributed by atoms with Crippen molar-refractivity contribution in [2.24, 2.45) is 0 Å². The van der Waals surface area contributed by atoms with Crippen LogP contribution >= 0.6 is 0 Å². The molecule has 0 saturated carbocycles. The summed E-state index contributed by atoms with van der Waals surface area (Å²) in [5, 5.41) is 8.67. The average molecular weight is 217 g/mol. The molecule has 0 atom stereocenters. The number of hydrogen-bond donors (Lipinski definition) is 1. The zero-order valence-electron chi connectivity index (χ0n) is 9.87. The summed E-state index contributed by atoms with van der Waals surface area (Å²) >= 11 is 0. The normalized spacial score (nSPS) is 10.9. The number of hydrogen-bond acceptors (Lipinski definition) is 3. The Labute approximate surface area is 92.2 Å². The Kier molecular flexibility index (Phi) is 9.52. The van der Waals surface area contributed by atoms with Gasteiger partial charge in [0.1, 0.15) is 0 Å². The van der Waals surface area contributed by atoms with Crippen molar-refractivity contribution < 1.29 is 14.6 Å². The van der Waals surface area contributed by atoms with Crippen LogP contribution in [0.5, 0.6) is 0 Å². The summed E-state index contributed by atoms with van der Waals surface area (Å²) in [6.07, 6.45) is 3.18. The number of rotatable bonds is 10. The average Bonchev–Trinajstić information content (AvgIpc) is 2.17. The Morgan fingerprint density at radius 1 is 1.20 bits per heavy atom. The standard InChI is InChI=1S/C11H23NO3/c1-3-5-8-15-9-7-12(6-4-2)10-11(13)14/h3-10H2,1-2H3,(H,13,14). The van der Waals surface area contributed by atoms with E-state index in [9.17, 15) is 4.79 Å². The minimum Gasteiger partial charge on any atom is -0.480 e. The lowest BCUT2D eigenvalue weighted by Crippen LogP contribution is -2.33. The number of unbranched alkanes of at least 4 members (excludes halogenated alkanes) is 1.